The van der Waals surface area contributed by atoms with Gasteiger partial charge in [-0.2, -0.15) is 0 Å². The van der Waals surface area contributed by atoms with Crippen molar-refractivity contribution in [2.75, 3.05) is 26.2 Å². The van der Waals surface area contributed by atoms with E-state index in [0.717, 1.165) is 12.6 Å². The van der Waals surface area contributed by atoms with E-state index in [1.54, 1.807) is 11.5 Å². The molecule has 0 amide bonds. The van der Waals surface area contributed by atoms with Crippen molar-refractivity contribution >= 4 is 11.5 Å². The first-order chi connectivity index (χ1) is 9.24. The second-order valence-corrected chi connectivity index (χ2v) is 7.00. The zero-order chi connectivity index (χ0) is 13.2. The Morgan fingerprint density at radius 3 is 3.00 bits per heavy atom. The number of piperazine rings is 1. The lowest BCUT2D eigenvalue weighted by molar-refractivity contribution is 0.0460. The van der Waals surface area contributed by atoms with Gasteiger partial charge in [0.1, 0.15) is 0 Å². The van der Waals surface area contributed by atoms with E-state index in [4.69, 9.17) is 0 Å². The molecule has 5 heteroatoms. The standard InChI is InChI=1S/C14H24N4S/c1-11(2)14-13(19-16-15-14)10-17-7-8-18-6-4-3-5-12(18)9-17/h11-12H,3-10H2,1-2H3/t12-/m1/s1. The third kappa shape index (κ3) is 2.98. The van der Waals surface area contributed by atoms with Crippen LogP contribution in [0.1, 0.15) is 49.6 Å². The molecule has 2 saturated heterocycles. The van der Waals surface area contributed by atoms with Gasteiger partial charge in [0.25, 0.3) is 0 Å². The molecule has 3 rings (SSSR count). The van der Waals surface area contributed by atoms with Gasteiger partial charge in [0.2, 0.25) is 0 Å². The smallest absolute Gasteiger partial charge is 0.0826 e. The van der Waals surface area contributed by atoms with E-state index in [1.165, 1.54) is 56.0 Å². The summed E-state index contributed by atoms with van der Waals surface area (Å²) in [7, 11) is 0. The molecule has 0 aliphatic carbocycles. The molecule has 0 saturated carbocycles. The fourth-order valence-corrected chi connectivity index (χ4v) is 4.17. The highest BCUT2D eigenvalue weighted by molar-refractivity contribution is 7.05. The highest BCUT2D eigenvalue weighted by Gasteiger charge is 2.29. The summed E-state index contributed by atoms with van der Waals surface area (Å²) in [4.78, 5) is 6.67. The number of hydrogen-bond donors (Lipinski definition) is 0. The van der Waals surface area contributed by atoms with Gasteiger partial charge in [0.15, 0.2) is 0 Å². The van der Waals surface area contributed by atoms with Crippen LogP contribution in [0, 0.1) is 0 Å². The highest BCUT2D eigenvalue weighted by atomic mass is 32.1. The van der Waals surface area contributed by atoms with Gasteiger partial charge in [-0.25, -0.2) is 0 Å². The second kappa shape index (κ2) is 5.85. The first-order valence-corrected chi connectivity index (χ1v) is 8.29. The van der Waals surface area contributed by atoms with Crippen LogP contribution in [0.3, 0.4) is 0 Å². The van der Waals surface area contributed by atoms with Gasteiger partial charge in [0, 0.05) is 32.2 Å². The Bertz CT molecular complexity index is 417. The minimum Gasteiger partial charge on any atom is -0.298 e. The molecule has 1 aromatic rings. The minimum atomic E-state index is 0.490. The summed E-state index contributed by atoms with van der Waals surface area (Å²) in [5, 5.41) is 4.29. The van der Waals surface area contributed by atoms with Gasteiger partial charge in [0.05, 0.1) is 10.6 Å². The molecule has 0 bridgehead atoms. The third-order valence-electron chi connectivity index (χ3n) is 4.42. The van der Waals surface area contributed by atoms with Gasteiger partial charge in [-0.15, -0.1) is 5.10 Å². The van der Waals surface area contributed by atoms with E-state index in [-0.39, 0.29) is 0 Å². The number of rotatable bonds is 3. The lowest BCUT2D eigenvalue weighted by atomic mass is 9.99. The highest BCUT2D eigenvalue weighted by Crippen LogP contribution is 2.25. The third-order valence-corrected chi connectivity index (χ3v) is 5.14. The molecule has 0 unspecified atom stereocenters. The maximum absolute atomic E-state index is 4.29. The second-order valence-electron chi connectivity index (χ2n) is 6.16. The first-order valence-electron chi connectivity index (χ1n) is 7.51. The molecular formula is C14H24N4S. The fraction of sp³-hybridized carbons (Fsp3) is 0.857. The summed E-state index contributed by atoms with van der Waals surface area (Å²) in [5.41, 5.74) is 1.20. The summed E-state index contributed by atoms with van der Waals surface area (Å²) >= 11 is 1.58. The molecule has 2 fully saturated rings. The van der Waals surface area contributed by atoms with Gasteiger partial charge >= 0.3 is 0 Å². The number of nitrogens with zero attached hydrogens (tertiary/aromatic N) is 4. The average molecular weight is 280 g/mol. The van der Waals surface area contributed by atoms with E-state index in [0.29, 0.717) is 5.92 Å². The number of aromatic nitrogens is 2. The normalized spacial score (nSPS) is 25.7. The van der Waals surface area contributed by atoms with Crippen molar-refractivity contribution in [3.8, 4) is 0 Å². The number of piperidine rings is 1. The van der Waals surface area contributed by atoms with Crippen LogP contribution in [0.25, 0.3) is 0 Å². The Labute approximate surface area is 120 Å². The van der Waals surface area contributed by atoms with Crippen LogP contribution in [-0.4, -0.2) is 51.6 Å². The van der Waals surface area contributed by atoms with E-state index < -0.39 is 0 Å². The molecule has 106 valence electrons. The largest absolute Gasteiger partial charge is 0.298 e. The van der Waals surface area contributed by atoms with Gasteiger partial charge < -0.3 is 0 Å². The Morgan fingerprint density at radius 1 is 1.26 bits per heavy atom. The van der Waals surface area contributed by atoms with Crippen molar-refractivity contribution in [3.05, 3.63) is 10.6 Å². The van der Waals surface area contributed by atoms with Gasteiger partial charge in [-0.3, -0.25) is 9.80 Å². The summed E-state index contributed by atoms with van der Waals surface area (Å²) in [6, 6.07) is 0.797. The van der Waals surface area contributed by atoms with E-state index in [1.807, 2.05) is 0 Å². The predicted molar refractivity (Wildman–Crippen MR) is 78.5 cm³/mol. The molecule has 2 aliphatic rings. The topological polar surface area (TPSA) is 32.3 Å². The first kappa shape index (κ1) is 13.5. The zero-order valence-corrected chi connectivity index (χ0v) is 12.8. The number of fused-ring (bicyclic) bond motifs is 1. The molecule has 0 spiro atoms. The fourth-order valence-electron chi connectivity index (χ4n) is 3.33. The lowest BCUT2D eigenvalue weighted by Gasteiger charge is -2.44. The maximum Gasteiger partial charge on any atom is 0.0826 e. The summed E-state index contributed by atoms with van der Waals surface area (Å²) in [5.74, 6) is 0.490. The Balaban J connectivity index is 1.62. The van der Waals surface area contributed by atoms with Crippen molar-refractivity contribution in [2.24, 2.45) is 0 Å². The monoisotopic (exact) mass is 280 g/mol. The molecule has 0 aromatic carbocycles. The van der Waals surface area contributed by atoms with Crippen molar-refractivity contribution < 1.29 is 0 Å². The molecule has 3 heterocycles. The molecule has 1 atom stereocenters. The summed E-state index contributed by atoms with van der Waals surface area (Å²) in [6.45, 7) is 10.5. The maximum atomic E-state index is 4.29. The zero-order valence-electron chi connectivity index (χ0n) is 12.0. The Kier molecular flexibility index (Phi) is 4.15. The van der Waals surface area contributed by atoms with Crippen LogP contribution < -0.4 is 0 Å². The van der Waals surface area contributed by atoms with E-state index >= 15 is 0 Å². The van der Waals surface area contributed by atoms with Crippen molar-refractivity contribution in [1.82, 2.24) is 19.4 Å². The molecule has 0 N–H and O–H groups in total. The summed E-state index contributed by atoms with van der Waals surface area (Å²) < 4.78 is 4.14. The minimum absolute atomic E-state index is 0.490. The number of hydrogen-bond acceptors (Lipinski definition) is 5. The quantitative estimate of drug-likeness (QED) is 0.850. The van der Waals surface area contributed by atoms with Crippen LogP contribution in [-0.2, 0) is 6.54 Å². The van der Waals surface area contributed by atoms with Gasteiger partial charge in [-0.1, -0.05) is 24.8 Å². The van der Waals surface area contributed by atoms with Crippen LogP contribution >= 0.6 is 11.5 Å². The van der Waals surface area contributed by atoms with Crippen LogP contribution in [0.15, 0.2) is 0 Å². The lowest BCUT2D eigenvalue weighted by Crippen LogP contribution is -2.54. The Hall–Kier alpha value is -0.520. The molecular weight excluding hydrogens is 256 g/mol. The Morgan fingerprint density at radius 2 is 2.16 bits per heavy atom. The average Bonchev–Trinajstić information content (AvgIpc) is 2.87. The van der Waals surface area contributed by atoms with Crippen molar-refractivity contribution in [3.63, 3.8) is 0 Å². The molecule has 1 aromatic heterocycles. The molecule has 0 radical (unpaired) electrons. The van der Waals surface area contributed by atoms with Crippen LogP contribution in [0.2, 0.25) is 0 Å². The summed E-state index contributed by atoms with van der Waals surface area (Å²) in [6.07, 6.45) is 4.19. The predicted octanol–water partition coefficient (Wildman–Crippen LogP) is 2.33. The van der Waals surface area contributed by atoms with Crippen LogP contribution in [0.5, 0.6) is 0 Å². The molecule has 4 nitrogen and oxygen atoms in total. The molecule has 2 aliphatic heterocycles. The van der Waals surface area contributed by atoms with Gasteiger partial charge in [-0.05, 0) is 36.8 Å². The van der Waals surface area contributed by atoms with Crippen molar-refractivity contribution in [2.45, 2.75) is 51.6 Å². The van der Waals surface area contributed by atoms with E-state index in [2.05, 4.69) is 33.2 Å². The van der Waals surface area contributed by atoms with Crippen LogP contribution in [0.4, 0.5) is 0 Å². The SMILES string of the molecule is CC(C)c1nnsc1CN1CCN2CCCC[C@@H]2C1. The van der Waals surface area contributed by atoms with Crippen molar-refractivity contribution in [1.29, 1.82) is 0 Å². The molecule has 19 heavy (non-hydrogen) atoms. The van der Waals surface area contributed by atoms with E-state index in [9.17, 15) is 0 Å².